The van der Waals surface area contributed by atoms with Crippen molar-refractivity contribution in [3.63, 3.8) is 0 Å². The monoisotopic (exact) mass is 308 g/mol. The summed E-state index contributed by atoms with van der Waals surface area (Å²) in [5.74, 6) is 0.477. The number of hydroxylamine groups is 3. The normalized spacial score (nSPS) is 31.1. The molecule has 120 valence electrons. The van der Waals surface area contributed by atoms with Gasteiger partial charge in [0.05, 0.1) is 6.26 Å². The van der Waals surface area contributed by atoms with Crippen molar-refractivity contribution < 1.29 is 24.8 Å². The Labute approximate surface area is 128 Å². The maximum atomic E-state index is 10.9. The van der Waals surface area contributed by atoms with E-state index in [1.165, 1.54) is 6.26 Å². The van der Waals surface area contributed by atoms with Gasteiger partial charge in [0.2, 0.25) is 0 Å². The Morgan fingerprint density at radius 2 is 2.09 bits per heavy atom. The van der Waals surface area contributed by atoms with Crippen molar-refractivity contribution >= 4 is 11.4 Å². The maximum absolute atomic E-state index is 10.9. The van der Waals surface area contributed by atoms with Gasteiger partial charge in [-0.3, -0.25) is 5.21 Å². The summed E-state index contributed by atoms with van der Waals surface area (Å²) < 4.78 is 6.45. The molecule has 7 nitrogen and oxygen atoms in total. The third kappa shape index (κ3) is 1.82. The lowest BCUT2D eigenvalue weighted by molar-refractivity contribution is -0.827. The topological polar surface area (TPSA) is 92.4 Å². The van der Waals surface area contributed by atoms with E-state index < -0.39 is 11.2 Å². The zero-order valence-electron chi connectivity index (χ0n) is 12.9. The van der Waals surface area contributed by atoms with Gasteiger partial charge in [-0.1, -0.05) is 11.6 Å². The van der Waals surface area contributed by atoms with Gasteiger partial charge in [0.15, 0.2) is 11.5 Å². The molecule has 3 N–H and O–H groups in total. The Hall–Kier alpha value is -1.86. The fourth-order valence-corrected chi connectivity index (χ4v) is 3.69. The van der Waals surface area contributed by atoms with Gasteiger partial charge < -0.3 is 14.8 Å². The second kappa shape index (κ2) is 5.10. The summed E-state index contributed by atoms with van der Waals surface area (Å²) in [5.41, 5.74) is -1.34. The van der Waals surface area contributed by atoms with Crippen LogP contribution in [0.1, 0.15) is 51.7 Å². The van der Waals surface area contributed by atoms with Crippen molar-refractivity contribution in [2.45, 2.75) is 57.2 Å². The molecular formula is C15H22N3O4+. The van der Waals surface area contributed by atoms with E-state index in [1.807, 2.05) is 0 Å². The molecule has 1 aromatic rings. The predicted octanol–water partition coefficient (Wildman–Crippen LogP) is 2.44. The molecule has 1 aliphatic heterocycles. The van der Waals surface area contributed by atoms with Crippen molar-refractivity contribution in [1.29, 1.82) is 0 Å². The Balaban J connectivity index is 2.23. The van der Waals surface area contributed by atoms with Crippen LogP contribution in [0.3, 0.4) is 0 Å². The molecule has 1 aliphatic carbocycles. The first-order valence-corrected chi connectivity index (χ1v) is 7.57. The summed E-state index contributed by atoms with van der Waals surface area (Å²) in [7, 11) is 0. The highest BCUT2D eigenvalue weighted by Gasteiger charge is 2.69. The van der Waals surface area contributed by atoms with Crippen molar-refractivity contribution in [3.05, 3.63) is 24.2 Å². The highest BCUT2D eigenvalue weighted by molar-refractivity contribution is 6.04. The molecule has 0 radical (unpaired) electrons. The van der Waals surface area contributed by atoms with Crippen LogP contribution in [-0.2, 0) is 0 Å². The van der Waals surface area contributed by atoms with Gasteiger partial charge in [0.1, 0.15) is 5.54 Å². The summed E-state index contributed by atoms with van der Waals surface area (Å²) in [6.45, 7) is 3.59. The van der Waals surface area contributed by atoms with Crippen LogP contribution in [0.4, 0.5) is 0 Å². The van der Waals surface area contributed by atoms with Crippen LogP contribution in [0.15, 0.2) is 28.0 Å². The second-order valence-corrected chi connectivity index (χ2v) is 6.43. The van der Waals surface area contributed by atoms with Gasteiger partial charge in [0, 0.05) is 11.2 Å². The van der Waals surface area contributed by atoms with E-state index in [0.717, 1.165) is 29.1 Å². The zero-order chi connectivity index (χ0) is 16.0. The van der Waals surface area contributed by atoms with E-state index in [9.17, 15) is 15.6 Å². The summed E-state index contributed by atoms with van der Waals surface area (Å²) in [5, 5.41) is 35.7. The molecule has 22 heavy (non-hydrogen) atoms. The molecule has 0 saturated heterocycles. The molecular weight excluding hydrogens is 286 g/mol. The first-order chi connectivity index (χ1) is 10.5. The van der Waals surface area contributed by atoms with Crippen LogP contribution in [0, 0.1) is 0 Å². The molecule has 3 rings (SSSR count). The smallest absolute Gasteiger partial charge is 0.331 e. The molecule has 0 amide bonds. The van der Waals surface area contributed by atoms with Crippen LogP contribution >= 0.6 is 0 Å². The van der Waals surface area contributed by atoms with Gasteiger partial charge in [-0.2, -0.15) is 0 Å². The third-order valence-electron chi connectivity index (χ3n) is 4.80. The largest absolute Gasteiger partial charge is 0.458 e. The first-order valence-electron chi connectivity index (χ1n) is 7.57. The average Bonchev–Trinajstić information content (AvgIpc) is 2.96. The Morgan fingerprint density at radius 3 is 2.73 bits per heavy atom. The molecule has 0 aromatic carbocycles. The Kier molecular flexibility index (Phi) is 3.49. The molecule has 0 bridgehead atoms. The third-order valence-corrected chi connectivity index (χ3v) is 4.80. The van der Waals surface area contributed by atoms with Crippen LogP contribution in [0.5, 0.6) is 0 Å². The summed E-state index contributed by atoms with van der Waals surface area (Å²) >= 11 is 0. The molecule has 2 heterocycles. The van der Waals surface area contributed by atoms with E-state index >= 15 is 0 Å². The van der Waals surface area contributed by atoms with Crippen molar-refractivity contribution in [2.75, 3.05) is 0 Å². The first kappa shape index (κ1) is 15.1. The molecule has 1 fully saturated rings. The summed E-state index contributed by atoms with van der Waals surface area (Å²) in [4.78, 5) is 0. The van der Waals surface area contributed by atoms with Gasteiger partial charge in [-0.15, -0.1) is 5.06 Å². The SMILES string of the molecule is CC1(C)C(c2ccco2)=[N+](O)C2(CCCCCC2=NO)N1O. The quantitative estimate of drug-likeness (QED) is 0.421. The number of hydrogen-bond acceptors (Lipinski definition) is 6. The van der Waals surface area contributed by atoms with Gasteiger partial charge in [-0.25, -0.2) is 0 Å². The summed E-state index contributed by atoms with van der Waals surface area (Å²) in [6.07, 6.45) is 5.14. The highest BCUT2D eigenvalue weighted by Crippen LogP contribution is 2.41. The van der Waals surface area contributed by atoms with Crippen LogP contribution < -0.4 is 0 Å². The summed E-state index contributed by atoms with van der Waals surface area (Å²) in [6, 6.07) is 3.47. The van der Waals surface area contributed by atoms with E-state index in [1.54, 1.807) is 26.0 Å². The highest BCUT2D eigenvalue weighted by atomic mass is 16.6. The fourth-order valence-electron chi connectivity index (χ4n) is 3.69. The van der Waals surface area contributed by atoms with Gasteiger partial charge in [-0.05, 0) is 45.2 Å². The molecule has 1 saturated carbocycles. The minimum absolute atomic E-state index is 0.365. The van der Waals surface area contributed by atoms with Gasteiger partial charge in [0.25, 0.3) is 5.71 Å². The van der Waals surface area contributed by atoms with Crippen molar-refractivity contribution in [3.8, 4) is 0 Å². The van der Waals surface area contributed by atoms with E-state index in [4.69, 9.17) is 4.42 Å². The second-order valence-electron chi connectivity index (χ2n) is 6.43. The van der Waals surface area contributed by atoms with Crippen LogP contribution in [-0.4, -0.2) is 48.0 Å². The predicted molar refractivity (Wildman–Crippen MR) is 77.6 cm³/mol. The minimum atomic E-state index is -1.25. The zero-order valence-corrected chi connectivity index (χ0v) is 12.9. The maximum Gasteiger partial charge on any atom is 0.331 e. The van der Waals surface area contributed by atoms with Crippen LogP contribution in [0.25, 0.3) is 0 Å². The Morgan fingerprint density at radius 1 is 1.32 bits per heavy atom. The number of oxime groups is 1. The minimum Gasteiger partial charge on any atom is -0.458 e. The van der Waals surface area contributed by atoms with Crippen molar-refractivity contribution in [1.82, 2.24) is 5.06 Å². The van der Waals surface area contributed by atoms with E-state index in [0.29, 0.717) is 30.0 Å². The van der Waals surface area contributed by atoms with Crippen molar-refractivity contribution in [2.24, 2.45) is 5.16 Å². The Bertz CT molecular complexity index is 621. The number of nitrogens with zero attached hydrogens (tertiary/aromatic N) is 3. The standard InChI is InChI=1S/C15H21N3O4/c1-14(2)13(11-7-6-10-22-11)17(20)15(18(14)21)9-5-3-4-8-12(15)16-19/h6-7,10,21H,3-5,8-9H2,1-2H3,(H-,19,20)/p+1. The molecule has 2 aliphatic rings. The van der Waals surface area contributed by atoms with E-state index in [2.05, 4.69) is 5.16 Å². The average molecular weight is 308 g/mol. The lowest BCUT2D eigenvalue weighted by atomic mass is 9.94. The number of rotatable bonds is 1. The van der Waals surface area contributed by atoms with Crippen LogP contribution in [0.2, 0.25) is 0 Å². The number of hydrogen-bond donors (Lipinski definition) is 3. The molecule has 1 unspecified atom stereocenters. The fraction of sp³-hybridized carbons (Fsp3) is 0.600. The molecule has 1 spiro atoms. The van der Waals surface area contributed by atoms with E-state index in [-0.39, 0.29) is 0 Å². The van der Waals surface area contributed by atoms with Gasteiger partial charge >= 0.3 is 5.66 Å². The number of furan rings is 1. The molecule has 1 aromatic heterocycles. The molecule has 7 heteroatoms. The molecule has 1 atom stereocenters. The lowest BCUT2D eigenvalue weighted by Gasteiger charge is -2.32. The lowest BCUT2D eigenvalue weighted by Crippen LogP contribution is -2.59.